The number of fused-ring (bicyclic) bond motifs is 1. The first-order valence-electron chi connectivity index (χ1n) is 10.9. The first-order chi connectivity index (χ1) is 15.2. The lowest BCUT2D eigenvalue weighted by Gasteiger charge is -2.45. The van der Waals surface area contributed by atoms with Crippen molar-refractivity contribution in [2.45, 2.75) is 65.5 Å². The molecule has 0 aromatic heterocycles. The molecule has 1 fully saturated rings. The topological polar surface area (TPSA) is 119 Å². The largest absolute Gasteiger partial charge is 0.487 e. The summed E-state index contributed by atoms with van der Waals surface area (Å²) in [5.41, 5.74) is 1.57. The van der Waals surface area contributed by atoms with E-state index in [1.165, 1.54) is 12.5 Å². The normalized spacial score (nSPS) is 26.3. The number of methoxy groups -OCH3 is 1. The number of amides is 1. The van der Waals surface area contributed by atoms with Crippen LogP contribution in [-0.4, -0.2) is 49.4 Å². The molecule has 0 spiro atoms. The molecule has 0 radical (unpaired) electrons. The zero-order valence-electron chi connectivity index (χ0n) is 20.2. The van der Waals surface area contributed by atoms with Crippen molar-refractivity contribution in [2.24, 2.45) is 11.3 Å². The van der Waals surface area contributed by atoms with E-state index in [1.54, 1.807) is 19.1 Å². The van der Waals surface area contributed by atoms with Crippen LogP contribution in [0.2, 0.25) is 0 Å². The molecular formula is C24H35NO7S. The van der Waals surface area contributed by atoms with Gasteiger partial charge < -0.3 is 14.8 Å². The summed E-state index contributed by atoms with van der Waals surface area (Å²) in [5.74, 6) is -1.38. The Bertz CT molecular complexity index is 1000. The minimum absolute atomic E-state index is 0.179. The Morgan fingerprint density at radius 1 is 1.30 bits per heavy atom. The fourth-order valence-electron chi connectivity index (χ4n) is 4.61. The molecule has 1 aliphatic heterocycles. The lowest BCUT2D eigenvalue weighted by atomic mass is 9.62. The van der Waals surface area contributed by atoms with Gasteiger partial charge >= 0.3 is 5.97 Å². The lowest BCUT2D eigenvalue weighted by molar-refractivity contribution is -0.143. The molecule has 0 aromatic rings. The average Bonchev–Trinajstić information content (AvgIpc) is 3.04. The number of rotatable bonds is 8. The second kappa shape index (κ2) is 10.3. The van der Waals surface area contributed by atoms with Gasteiger partial charge in [-0.2, -0.15) is 8.42 Å². The van der Waals surface area contributed by atoms with Gasteiger partial charge in [-0.05, 0) is 62.7 Å². The summed E-state index contributed by atoms with van der Waals surface area (Å²) in [7, 11) is -3.42. The van der Waals surface area contributed by atoms with Gasteiger partial charge in [0.25, 0.3) is 10.1 Å². The van der Waals surface area contributed by atoms with Gasteiger partial charge in [0.1, 0.15) is 23.2 Å². The van der Waals surface area contributed by atoms with Crippen LogP contribution in [0.4, 0.5) is 0 Å². The number of nitrogens with one attached hydrogen (secondary N) is 1. The van der Waals surface area contributed by atoms with E-state index in [2.05, 4.69) is 36.9 Å². The fourth-order valence-corrected chi connectivity index (χ4v) is 5.25. The van der Waals surface area contributed by atoms with Crippen LogP contribution in [0.5, 0.6) is 0 Å². The second-order valence-corrected chi connectivity index (χ2v) is 11.2. The molecule has 0 aromatic carbocycles. The Kier molecular flexibility index (Phi) is 8.35. The van der Waals surface area contributed by atoms with E-state index in [-0.39, 0.29) is 11.0 Å². The number of hydrogen-bond donors (Lipinski definition) is 2. The highest BCUT2D eigenvalue weighted by Crippen LogP contribution is 2.53. The molecule has 1 amide bonds. The van der Waals surface area contributed by atoms with E-state index in [0.29, 0.717) is 11.5 Å². The molecule has 2 aliphatic rings. The molecule has 1 heterocycles. The average molecular weight is 482 g/mol. The molecule has 2 N–H and O–H groups in total. The molecule has 1 saturated carbocycles. The SMILES string of the molecule is COC(=O)C(CS(=O)(=O)O)NC(=O)/C=C(C)/C=C/C=C(\C)C1=CC2C(C)(C)CCCC2(C)O1. The Hall–Kier alpha value is -2.39. The number of carbonyl (C=O) groups excluding carboxylic acids is 2. The van der Waals surface area contributed by atoms with E-state index in [9.17, 15) is 18.0 Å². The van der Waals surface area contributed by atoms with Crippen LogP contribution in [0.3, 0.4) is 0 Å². The van der Waals surface area contributed by atoms with Crippen molar-refractivity contribution in [3.05, 3.63) is 47.3 Å². The zero-order chi connectivity index (χ0) is 25.0. The highest BCUT2D eigenvalue weighted by Gasteiger charge is 2.50. The maximum atomic E-state index is 12.2. The summed E-state index contributed by atoms with van der Waals surface area (Å²) in [4.78, 5) is 23.8. The van der Waals surface area contributed by atoms with Gasteiger partial charge in [0.2, 0.25) is 5.91 Å². The predicted octanol–water partition coefficient (Wildman–Crippen LogP) is 3.48. The maximum absolute atomic E-state index is 12.2. The summed E-state index contributed by atoms with van der Waals surface area (Å²) in [6.07, 6.45) is 12.2. The van der Waals surface area contributed by atoms with E-state index >= 15 is 0 Å². The fraction of sp³-hybridized carbons (Fsp3) is 0.583. The second-order valence-electron chi connectivity index (χ2n) is 9.70. The van der Waals surface area contributed by atoms with Crippen LogP contribution in [0.25, 0.3) is 0 Å². The quantitative estimate of drug-likeness (QED) is 0.236. The monoisotopic (exact) mass is 481 g/mol. The molecule has 3 unspecified atom stereocenters. The van der Waals surface area contributed by atoms with Crippen molar-refractivity contribution < 1.29 is 32.0 Å². The molecule has 9 heteroatoms. The minimum atomic E-state index is -4.48. The van der Waals surface area contributed by atoms with Gasteiger partial charge in [0.05, 0.1) is 7.11 Å². The van der Waals surface area contributed by atoms with Crippen molar-refractivity contribution >= 4 is 22.0 Å². The number of allylic oxidation sites excluding steroid dienone is 5. The third kappa shape index (κ3) is 7.30. The van der Waals surface area contributed by atoms with Crippen LogP contribution in [0.15, 0.2) is 47.3 Å². The van der Waals surface area contributed by atoms with Crippen LogP contribution in [0.1, 0.15) is 53.9 Å². The Morgan fingerprint density at radius 3 is 2.55 bits per heavy atom. The predicted molar refractivity (Wildman–Crippen MR) is 126 cm³/mol. The Balaban J connectivity index is 2.05. The van der Waals surface area contributed by atoms with E-state index < -0.39 is 33.8 Å². The summed E-state index contributed by atoms with van der Waals surface area (Å²) >= 11 is 0. The molecule has 8 nitrogen and oxygen atoms in total. The molecule has 0 bridgehead atoms. The zero-order valence-corrected chi connectivity index (χ0v) is 21.0. The first-order valence-corrected chi connectivity index (χ1v) is 12.6. The Morgan fingerprint density at radius 2 is 1.97 bits per heavy atom. The molecule has 1 aliphatic carbocycles. The maximum Gasteiger partial charge on any atom is 0.329 e. The molecule has 3 atom stereocenters. The van der Waals surface area contributed by atoms with Crippen LogP contribution >= 0.6 is 0 Å². The Labute approximate surface area is 196 Å². The van der Waals surface area contributed by atoms with Gasteiger partial charge in [-0.3, -0.25) is 9.35 Å². The summed E-state index contributed by atoms with van der Waals surface area (Å²) in [6.45, 7) is 10.4. The first kappa shape index (κ1) is 26.9. The number of ether oxygens (including phenoxy) is 2. The van der Waals surface area contributed by atoms with E-state index in [0.717, 1.165) is 31.3 Å². The molecule has 2 rings (SSSR count). The van der Waals surface area contributed by atoms with E-state index in [1.807, 2.05) is 13.0 Å². The summed E-state index contributed by atoms with van der Waals surface area (Å²) in [5, 5.41) is 2.23. The number of carbonyl (C=O) groups is 2. The summed E-state index contributed by atoms with van der Waals surface area (Å²) in [6, 6.07) is -1.51. The molecular weight excluding hydrogens is 446 g/mol. The third-order valence-corrected chi connectivity index (χ3v) is 7.04. The van der Waals surface area contributed by atoms with Crippen LogP contribution in [0, 0.1) is 11.3 Å². The third-order valence-electron chi connectivity index (χ3n) is 6.29. The molecule has 0 saturated heterocycles. The van der Waals surface area contributed by atoms with Gasteiger partial charge in [0.15, 0.2) is 0 Å². The van der Waals surface area contributed by atoms with Gasteiger partial charge in [-0.25, -0.2) is 4.79 Å². The summed E-state index contributed by atoms with van der Waals surface area (Å²) < 4.78 is 41.9. The van der Waals surface area contributed by atoms with Crippen molar-refractivity contribution in [2.75, 3.05) is 12.9 Å². The number of hydrogen-bond acceptors (Lipinski definition) is 6. The standard InChI is InChI=1S/C24H35NO7S/c1-16(13-21(26)25-18(22(27)31-6)15-33(28,29)30)9-7-10-17(2)19-14-20-23(3,4)11-8-12-24(20,5)32-19/h7,9-10,13-14,18,20H,8,11-12,15H2,1-6H3,(H,25,26)(H,28,29,30)/b9-7+,16-13+,17-10+. The van der Waals surface area contributed by atoms with Crippen molar-refractivity contribution in [1.82, 2.24) is 5.32 Å². The van der Waals surface area contributed by atoms with Gasteiger partial charge in [-0.1, -0.05) is 32.1 Å². The van der Waals surface area contributed by atoms with Gasteiger partial charge in [-0.15, -0.1) is 0 Å². The number of esters is 1. The minimum Gasteiger partial charge on any atom is -0.487 e. The van der Waals surface area contributed by atoms with Gasteiger partial charge in [0, 0.05) is 12.0 Å². The van der Waals surface area contributed by atoms with E-state index in [4.69, 9.17) is 9.29 Å². The lowest BCUT2D eigenvalue weighted by Crippen LogP contribution is -2.45. The highest BCUT2D eigenvalue weighted by atomic mass is 32.2. The van der Waals surface area contributed by atoms with Crippen LogP contribution in [-0.2, 0) is 29.2 Å². The van der Waals surface area contributed by atoms with Crippen molar-refractivity contribution in [3.8, 4) is 0 Å². The smallest absolute Gasteiger partial charge is 0.329 e. The highest BCUT2D eigenvalue weighted by molar-refractivity contribution is 7.85. The molecule has 33 heavy (non-hydrogen) atoms. The van der Waals surface area contributed by atoms with Crippen molar-refractivity contribution in [3.63, 3.8) is 0 Å². The van der Waals surface area contributed by atoms with Crippen molar-refractivity contribution in [1.29, 1.82) is 0 Å². The van der Waals surface area contributed by atoms with Crippen LogP contribution < -0.4 is 5.32 Å². The molecule has 184 valence electrons.